The van der Waals surface area contributed by atoms with Crippen LogP contribution in [0.5, 0.6) is 0 Å². The third-order valence-corrected chi connectivity index (χ3v) is 2.41. The largest absolute Gasteiger partial charge is 0.330 e. The lowest BCUT2D eigenvalue weighted by Crippen LogP contribution is -1.75. The highest BCUT2D eigenvalue weighted by molar-refractivity contribution is 7.98. The van der Waals surface area contributed by atoms with Crippen LogP contribution >= 0.6 is 23.4 Å². The molecule has 0 saturated heterocycles. The number of pyridine rings is 1. The number of nitrogens with zero attached hydrogens (tertiary/aromatic N) is 2. The van der Waals surface area contributed by atoms with E-state index in [1.165, 1.54) is 11.8 Å². The molecule has 1 N–H and O–H groups in total. The predicted octanol–water partition coefficient (Wildman–Crippen LogP) is 2.33. The highest BCUT2D eigenvalue weighted by Gasteiger charge is 2.04. The Labute approximate surface area is 78.6 Å². The van der Waals surface area contributed by atoms with E-state index in [0.29, 0.717) is 10.7 Å². The normalized spacial score (nSPS) is 10.8. The summed E-state index contributed by atoms with van der Waals surface area (Å²) in [5.74, 6) is 0. The fourth-order valence-corrected chi connectivity index (χ4v) is 1.53. The van der Waals surface area contributed by atoms with E-state index in [1.54, 1.807) is 12.3 Å². The highest BCUT2D eigenvalue weighted by atomic mass is 35.5. The zero-order valence-corrected chi connectivity index (χ0v) is 7.91. The molecule has 62 valence electrons. The minimum atomic E-state index is 0.660. The third kappa shape index (κ3) is 1.17. The van der Waals surface area contributed by atoms with Crippen LogP contribution in [0.15, 0.2) is 17.4 Å². The van der Waals surface area contributed by atoms with E-state index in [1.807, 2.05) is 6.26 Å². The monoisotopic (exact) mass is 199 g/mol. The van der Waals surface area contributed by atoms with Gasteiger partial charge in [-0.2, -0.15) is 0 Å². The first-order chi connectivity index (χ1) is 5.81. The van der Waals surface area contributed by atoms with Crippen LogP contribution in [0.1, 0.15) is 0 Å². The number of nitrogens with one attached hydrogen (secondary N) is 1. The summed E-state index contributed by atoms with van der Waals surface area (Å²) in [6.45, 7) is 0. The summed E-state index contributed by atoms with van der Waals surface area (Å²) in [7, 11) is 0. The molecule has 0 spiro atoms. The van der Waals surface area contributed by atoms with Gasteiger partial charge in [0, 0.05) is 6.20 Å². The van der Waals surface area contributed by atoms with Gasteiger partial charge in [0.1, 0.15) is 5.52 Å². The summed E-state index contributed by atoms with van der Waals surface area (Å²) < 4.78 is 0. The van der Waals surface area contributed by atoms with Gasteiger partial charge in [-0.05, 0) is 12.3 Å². The maximum absolute atomic E-state index is 5.91. The van der Waals surface area contributed by atoms with Gasteiger partial charge in [0.05, 0.1) is 5.02 Å². The molecule has 0 radical (unpaired) electrons. The number of halogens is 1. The number of thioether (sulfide) groups is 1. The number of rotatable bonds is 1. The molecule has 0 aliphatic carbocycles. The van der Waals surface area contributed by atoms with E-state index < -0.39 is 0 Å². The minimum Gasteiger partial charge on any atom is -0.330 e. The molecule has 0 unspecified atom stereocenters. The zero-order chi connectivity index (χ0) is 8.55. The number of aromatic nitrogens is 3. The average Bonchev–Trinajstić information content (AvgIpc) is 2.49. The van der Waals surface area contributed by atoms with Crippen molar-refractivity contribution >= 4 is 34.5 Å². The second-order valence-electron chi connectivity index (χ2n) is 2.24. The number of imidazole rings is 1. The SMILES string of the molecule is CSc1nc2nccc(Cl)c2[nH]1. The van der Waals surface area contributed by atoms with Gasteiger partial charge in [-0.1, -0.05) is 23.4 Å². The zero-order valence-electron chi connectivity index (χ0n) is 6.34. The maximum Gasteiger partial charge on any atom is 0.180 e. The first kappa shape index (κ1) is 7.89. The fourth-order valence-electron chi connectivity index (χ4n) is 0.956. The van der Waals surface area contributed by atoms with Crippen LogP contribution in [0.2, 0.25) is 5.02 Å². The topological polar surface area (TPSA) is 41.6 Å². The molecule has 0 fully saturated rings. The van der Waals surface area contributed by atoms with Crippen molar-refractivity contribution < 1.29 is 0 Å². The maximum atomic E-state index is 5.91. The van der Waals surface area contributed by atoms with Crippen LogP contribution in [0.4, 0.5) is 0 Å². The Morgan fingerprint density at radius 3 is 3.08 bits per heavy atom. The molecule has 0 aliphatic rings. The Morgan fingerprint density at radius 2 is 2.42 bits per heavy atom. The Bertz CT molecular complexity index is 412. The molecule has 5 heteroatoms. The average molecular weight is 200 g/mol. The van der Waals surface area contributed by atoms with Crippen LogP contribution in [-0.4, -0.2) is 21.2 Å². The van der Waals surface area contributed by atoms with E-state index in [2.05, 4.69) is 15.0 Å². The first-order valence-electron chi connectivity index (χ1n) is 3.35. The Morgan fingerprint density at radius 1 is 1.58 bits per heavy atom. The molecule has 0 saturated carbocycles. The van der Waals surface area contributed by atoms with Crippen molar-refractivity contribution in [1.82, 2.24) is 15.0 Å². The molecule has 3 nitrogen and oxygen atoms in total. The van der Waals surface area contributed by atoms with E-state index in [0.717, 1.165) is 10.7 Å². The lowest BCUT2D eigenvalue weighted by molar-refractivity contribution is 1.08. The molecule has 0 bridgehead atoms. The fraction of sp³-hybridized carbons (Fsp3) is 0.143. The minimum absolute atomic E-state index is 0.660. The van der Waals surface area contributed by atoms with Gasteiger partial charge in [-0.25, -0.2) is 9.97 Å². The quantitative estimate of drug-likeness (QED) is 0.717. The van der Waals surface area contributed by atoms with Crippen LogP contribution < -0.4 is 0 Å². The molecule has 2 aromatic rings. The molecular weight excluding hydrogens is 194 g/mol. The van der Waals surface area contributed by atoms with Crippen molar-refractivity contribution in [2.45, 2.75) is 5.16 Å². The third-order valence-electron chi connectivity index (χ3n) is 1.51. The lowest BCUT2D eigenvalue weighted by Gasteiger charge is -1.88. The second kappa shape index (κ2) is 2.95. The summed E-state index contributed by atoms with van der Waals surface area (Å²) in [4.78, 5) is 11.3. The van der Waals surface area contributed by atoms with E-state index in [4.69, 9.17) is 11.6 Å². The summed E-state index contributed by atoms with van der Waals surface area (Å²) in [6.07, 6.45) is 3.60. The predicted molar refractivity (Wildman–Crippen MR) is 50.7 cm³/mol. The number of hydrogen-bond acceptors (Lipinski definition) is 3. The van der Waals surface area contributed by atoms with Crippen LogP contribution in [-0.2, 0) is 0 Å². The van der Waals surface area contributed by atoms with E-state index >= 15 is 0 Å². The Hall–Kier alpha value is -0.740. The van der Waals surface area contributed by atoms with Gasteiger partial charge < -0.3 is 4.98 Å². The van der Waals surface area contributed by atoms with Crippen molar-refractivity contribution in [2.75, 3.05) is 6.26 Å². The molecule has 2 heterocycles. The molecule has 0 atom stereocenters. The Kier molecular flexibility index (Phi) is 1.94. The molecule has 2 rings (SSSR count). The molecule has 12 heavy (non-hydrogen) atoms. The van der Waals surface area contributed by atoms with Gasteiger partial charge in [0.2, 0.25) is 0 Å². The summed E-state index contributed by atoms with van der Waals surface area (Å²) in [6, 6.07) is 1.74. The van der Waals surface area contributed by atoms with Crippen molar-refractivity contribution in [3.63, 3.8) is 0 Å². The molecular formula is C7H6ClN3S. The van der Waals surface area contributed by atoms with Crippen LogP contribution in [0.3, 0.4) is 0 Å². The highest BCUT2D eigenvalue weighted by Crippen LogP contribution is 2.21. The smallest absolute Gasteiger partial charge is 0.180 e. The van der Waals surface area contributed by atoms with E-state index in [9.17, 15) is 0 Å². The standard InChI is InChI=1S/C7H6ClN3S/c1-12-7-10-5-4(8)2-3-9-6(5)11-7/h2-3H,1H3,(H,9,10,11). The van der Waals surface area contributed by atoms with Crippen molar-refractivity contribution in [1.29, 1.82) is 0 Å². The number of fused-ring (bicyclic) bond motifs is 1. The molecule has 2 aromatic heterocycles. The molecule has 0 aliphatic heterocycles. The van der Waals surface area contributed by atoms with Crippen molar-refractivity contribution in [3.05, 3.63) is 17.3 Å². The number of hydrogen-bond donors (Lipinski definition) is 1. The van der Waals surface area contributed by atoms with Gasteiger partial charge in [0.15, 0.2) is 10.8 Å². The van der Waals surface area contributed by atoms with Gasteiger partial charge >= 0.3 is 0 Å². The molecule has 0 amide bonds. The lowest BCUT2D eigenvalue weighted by atomic mass is 10.4. The Balaban J connectivity index is 2.74. The van der Waals surface area contributed by atoms with Crippen LogP contribution in [0.25, 0.3) is 11.2 Å². The van der Waals surface area contributed by atoms with Gasteiger partial charge in [-0.3, -0.25) is 0 Å². The van der Waals surface area contributed by atoms with Gasteiger partial charge in [-0.15, -0.1) is 0 Å². The number of H-pyrrole nitrogens is 1. The van der Waals surface area contributed by atoms with Gasteiger partial charge in [0.25, 0.3) is 0 Å². The van der Waals surface area contributed by atoms with Crippen molar-refractivity contribution in [3.8, 4) is 0 Å². The number of aromatic amines is 1. The van der Waals surface area contributed by atoms with E-state index in [-0.39, 0.29) is 0 Å². The van der Waals surface area contributed by atoms with Crippen molar-refractivity contribution in [2.24, 2.45) is 0 Å². The summed E-state index contributed by atoms with van der Waals surface area (Å²) in [5.41, 5.74) is 1.48. The second-order valence-corrected chi connectivity index (χ2v) is 3.44. The first-order valence-corrected chi connectivity index (χ1v) is 4.96. The van der Waals surface area contributed by atoms with Crippen LogP contribution in [0, 0.1) is 0 Å². The summed E-state index contributed by atoms with van der Waals surface area (Å²) in [5, 5.41) is 1.50. The summed E-state index contributed by atoms with van der Waals surface area (Å²) >= 11 is 7.44. The molecule has 0 aromatic carbocycles.